The van der Waals surface area contributed by atoms with Crippen molar-refractivity contribution >= 4 is 23.1 Å². The van der Waals surface area contributed by atoms with E-state index in [4.69, 9.17) is 14.2 Å². The number of carbonyl (C=O) groups is 2. The molecule has 2 aliphatic rings. The highest BCUT2D eigenvalue weighted by Crippen LogP contribution is 2.45. The van der Waals surface area contributed by atoms with E-state index in [1.165, 1.54) is 7.11 Å². The van der Waals surface area contributed by atoms with Crippen molar-refractivity contribution in [2.75, 3.05) is 31.0 Å². The van der Waals surface area contributed by atoms with Crippen molar-refractivity contribution in [2.24, 2.45) is 11.8 Å². The third-order valence-electron chi connectivity index (χ3n) is 6.13. The number of anilines is 2. The van der Waals surface area contributed by atoms with Crippen LogP contribution in [0.2, 0.25) is 0 Å². The molecule has 174 valence electrons. The molecule has 0 spiro atoms. The van der Waals surface area contributed by atoms with Gasteiger partial charge in [-0.15, -0.1) is 0 Å². The molecule has 0 unspecified atom stereocenters. The molecular weight excluding hydrogens is 420 g/mol. The summed E-state index contributed by atoms with van der Waals surface area (Å²) in [6, 6.07) is 13.1. The zero-order valence-electron chi connectivity index (χ0n) is 19.4. The number of para-hydroxylation sites is 2. The molecular formula is C26H30N2O5. The predicted molar refractivity (Wildman–Crippen MR) is 127 cm³/mol. The molecule has 4 rings (SSSR count). The van der Waals surface area contributed by atoms with Gasteiger partial charge in [0.1, 0.15) is 5.92 Å². The Balaban J connectivity index is 1.86. The minimum atomic E-state index is -0.838. The van der Waals surface area contributed by atoms with E-state index in [0.29, 0.717) is 36.7 Å². The molecule has 0 saturated heterocycles. The summed E-state index contributed by atoms with van der Waals surface area (Å²) >= 11 is 0. The first-order chi connectivity index (χ1) is 16.0. The number of nitrogens with one attached hydrogen (secondary N) is 2. The molecule has 0 bridgehead atoms. The maximum Gasteiger partial charge on any atom is 0.316 e. The number of esters is 1. The molecule has 0 saturated carbocycles. The van der Waals surface area contributed by atoms with Crippen molar-refractivity contribution < 1.29 is 23.8 Å². The molecule has 0 fully saturated rings. The maximum absolute atomic E-state index is 13.7. The van der Waals surface area contributed by atoms with E-state index >= 15 is 0 Å². The van der Waals surface area contributed by atoms with Crippen molar-refractivity contribution in [2.45, 2.75) is 33.2 Å². The molecule has 7 heteroatoms. The Labute approximate surface area is 194 Å². The molecule has 33 heavy (non-hydrogen) atoms. The fraction of sp³-hybridized carbons (Fsp3) is 0.385. The number of ether oxygens (including phenoxy) is 3. The zero-order chi connectivity index (χ0) is 23.5. The van der Waals surface area contributed by atoms with Crippen LogP contribution in [0.15, 0.2) is 53.7 Å². The van der Waals surface area contributed by atoms with E-state index in [1.54, 1.807) is 0 Å². The number of allylic oxidation sites excluding steroid dienone is 1. The summed E-state index contributed by atoms with van der Waals surface area (Å²) < 4.78 is 16.5. The number of carbonyl (C=O) groups excluding carboxylic acids is 2. The van der Waals surface area contributed by atoms with E-state index in [-0.39, 0.29) is 11.7 Å². The molecule has 7 nitrogen and oxygen atoms in total. The molecule has 1 aliphatic carbocycles. The van der Waals surface area contributed by atoms with Gasteiger partial charge in [0.05, 0.1) is 37.7 Å². The Hall–Kier alpha value is -3.48. The first kappa shape index (κ1) is 22.7. The minimum absolute atomic E-state index is 0.179. The lowest BCUT2D eigenvalue weighted by atomic mass is 9.75. The van der Waals surface area contributed by atoms with Gasteiger partial charge in [-0.3, -0.25) is 9.59 Å². The number of methoxy groups -OCH3 is 1. The van der Waals surface area contributed by atoms with Gasteiger partial charge < -0.3 is 24.8 Å². The summed E-state index contributed by atoms with van der Waals surface area (Å²) in [5.41, 5.74) is 3.98. The number of rotatable bonds is 6. The summed E-state index contributed by atoms with van der Waals surface area (Å²) in [4.78, 5) is 26.3. The van der Waals surface area contributed by atoms with E-state index in [1.807, 2.05) is 63.2 Å². The van der Waals surface area contributed by atoms with Gasteiger partial charge in [0.15, 0.2) is 17.3 Å². The molecule has 2 aromatic carbocycles. The number of ketones is 1. The Kier molecular flexibility index (Phi) is 6.58. The summed E-state index contributed by atoms with van der Waals surface area (Å²) in [5.74, 6) is -0.467. The molecule has 3 atom stereocenters. The summed E-state index contributed by atoms with van der Waals surface area (Å²) in [7, 11) is 1.32. The monoisotopic (exact) mass is 450 g/mol. The van der Waals surface area contributed by atoms with Crippen LogP contribution in [-0.2, 0) is 14.3 Å². The summed E-state index contributed by atoms with van der Waals surface area (Å²) in [6.07, 6.45) is 0.558. The molecule has 2 N–H and O–H groups in total. The Morgan fingerprint density at radius 1 is 1.03 bits per heavy atom. The van der Waals surface area contributed by atoms with Gasteiger partial charge in [-0.25, -0.2) is 0 Å². The lowest BCUT2D eigenvalue weighted by molar-refractivity contribution is -0.151. The van der Waals surface area contributed by atoms with Crippen molar-refractivity contribution in [3.05, 3.63) is 59.3 Å². The van der Waals surface area contributed by atoms with Gasteiger partial charge in [-0.1, -0.05) is 25.1 Å². The van der Waals surface area contributed by atoms with Gasteiger partial charge >= 0.3 is 5.97 Å². The highest BCUT2D eigenvalue weighted by Gasteiger charge is 2.44. The number of fused-ring (bicyclic) bond motifs is 1. The van der Waals surface area contributed by atoms with E-state index in [2.05, 4.69) is 10.6 Å². The first-order valence-electron chi connectivity index (χ1n) is 11.4. The van der Waals surface area contributed by atoms with Crippen LogP contribution in [0.25, 0.3) is 0 Å². The zero-order valence-corrected chi connectivity index (χ0v) is 19.4. The Morgan fingerprint density at radius 3 is 2.42 bits per heavy atom. The van der Waals surface area contributed by atoms with Crippen LogP contribution in [-0.4, -0.2) is 32.1 Å². The van der Waals surface area contributed by atoms with Crippen molar-refractivity contribution in [1.82, 2.24) is 0 Å². The second kappa shape index (κ2) is 9.57. The van der Waals surface area contributed by atoms with E-state index in [9.17, 15) is 9.59 Å². The van der Waals surface area contributed by atoms with Crippen LogP contribution < -0.4 is 20.1 Å². The lowest BCUT2D eigenvalue weighted by Crippen LogP contribution is -2.39. The van der Waals surface area contributed by atoms with Crippen LogP contribution >= 0.6 is 0 Å². The predicted octanol–water partition coefficient (Wildman–Crippen LogP) is 4.71. The number of Topliss-reactive ketones (excluding diaryl/α,β-unsaturated/α-hetero) is 1. The Morgan fingerprint density at radius 2 is 1.73 bits per heavy atom. The van der Waals surface area contributed by atoms with Crippen molar-refractivity contribution in [1.29, 1.82) is 0 Å². The number of hydrogen-bond donors (Lipinski definition) is 2. The standard InChI is InChI=1S/C26H30N2O5/c1-5-32-20-12-11-16(14-21(20)33-6-2)24-23-19(27-17-9-7-8-10-18(17)28-24)13-15(3)22(25(23)29)26(30)31-4/h7-12,14-15,22,24,27-28H,5-6,13H2,1-4H3/t15-,22-,24-/m0/s1. The van der Waals surface area contributed by atoms with Crippen LogP contribution in [0.1, 0.15) is 38.8 Å². The van der Waals surface area contributed by atoms with E-state index < -0.39 is 17.9 Å². The average molecular weight is 451 g/mol. The van der Waals surface area contributed by atoms with Gasteiger partial charge in [0.25, 0.3) is 0 Å². The van der Waals surface area contributed by atoms with Crippen LogP contribution in [0, 0.1) is 11.8 Å². The molecule has 2 aromatic rings. The van der Waals surface area contributed by atoms with Gasteiger partial charge in [0.2, 0.25) is 0 Å². The normalized spacial score (nSPS) is 21.7. The fourth-order valence-corrected chi connectivity index (χ4v) is 4.63. The fourth-order valence-electron chi connectivity index (χ4n) is 4.63. The largest absolute Gasteiger partial charge is 0.490 e. The van der Waals surface area contributed by atoms with Crippen molar-refractivity contribution in [3.8, 4) is 11.5 Å². The minimum Gasteiger partial charge on any atom is -0.490 e. The van der Waals surface area contributed by atoms with Gasteiger partial charge in [-0.05, 0) is 56.0 Å². The van der Waals surface area contributed by atoms with Gasteiger partial charge in [0, 0.05) is 11.3 Å². The first-order valence-corrected chi connectivity index (χ1v) is 11.4. The maximum atomic E-state index is 13.7. The highest BCUT2D eigenvalue weighted by atomic mass is 16.5. The van der Waals surface area contributed by atoms with Gasteiger partial charge in [-0.2, -0.15) is 0 Å². The second-order valence-electron chi connectivity index (χ2n) is 8.26. The quantitative estimate of drug-likeness (QED) is 0.487. The SMILES string of the molecule is CCOc1ccc([C@@H]2Nc3ccccc3NC3=C2C(=O)[C@@H](C(=O)OC)[C@@H](C)C3)cc1OCC. The molecule has 0 aromatic heterocycles. The van der Waals surface area contributed by atoms with Crippen molar-refractivity contribution in [3.63, 3.8) is 0 Å². The average Bonchev–Trinajstić information content (AvgIpc) is 2.97. The lowest BCUT2D eigenvalue weighted by Gasteiger charge is -2.32. The van der Waals surface area contributed by atoms with E-state index in [0.717, 1.165) is 22.6 Å². The number of hydrogen-bond acceptors (Lipinski definition) is 7. The third kappa shape index (κ3) is 4.27. The molecule has 1 heterocycles. The molecule has 0 amide bonds. The third-order valence-corrected chi connectivity index (χ3v) is 6.13. The summed E-state index contributed by atoms with van der Waals surface area (Å²) in [5, 5.41) is 6.99. The molecule has 1 aliphatic heterocycles. The van der Waals surface area contributed by atoms with Crippen LogP contribution in [0.4, 0.5) is 11.4 Å². The number of benzene rings is 2. The van der Waals surface area contributed by atoms with Crippen LogP contribution in [0.5, 0.6) is 11.5 Å². The highest BCUT2D eigenvalue weighted by molar-refractivity contribution is 6.11. The summed E-state index contributed by atoms with van der Waals surface area (Å²) in [6.45, 7) is 6.76. The second-order valence-corrected chi connectivity index (χ2v) is 8.26. The molecule has 0 radical (unpaired) electrons. The topological polar surface area (TPSA) is 85.9 Å². The smallest absolute Gasteiger partial charge is 0.316 e. The van der Waals surface area contributed by atoms with Crippen LogP contribution in [0.3, 0.4) is 0 Å². The Bertz CT molecular complexity index is 1090.